The van der Waals surface area contributed by atoms with Gasteiger partial charge in [-0.25, -0.2) is 0 Å². The molecule has 1 atom stereocenters. The van der Waals surface area contributed by atoms with Crippen molar-refractivity contribution in [3.05, 3.63) is 23.8 Å². The summed E-state index contributed by atoms with van der Waals surface area (Å²) in [7, 11) is 2.10. The number of nitrogens with zero attached hydrogens (tertiary/aromatic N) is 1. The zero-order chi connectivity index (χ0) is 11.7. The van der Waals surface area contributed by atoms with E-state index < -0.39 is 0 Å². The average molecular weight is 234 g/mol. The lowest BCUT2D eigenvalue weighted by atomic mass is 10.1. The third-order valence-electron chi connectivity index (χ3n) is 3.38. The van der Waals surface area contributed by atoms with Gasteiger partial charge in [-0.3, -0.25) is 0 Å². The lowest BCUT2D eigenvalue weighted by Gasteiger charge is -2.30. The van der Waals surface area contributed by atoms with Gasteiger partial charge in [-0.2, -0.15) is 0 Å². The molecule has 1 unspecified atom stereocenters. The van der Waals surface area contributed by atoms with Gasteiger partial charge < -0.3 is 19.7 Å². The highest BCUT2D eigenvalue weighted by molar-refractivity contribution is 5.61. The summed E-state index contributed by atoms with van der Waals surface area (Å²) in [6.45, 7) is 4.34. The highest BCUT2D eigenvalue weighted by atomic mass is 16.5. The zero-order valence-corrected chi connectivity index (χ0v) is 10.1. The number of fused-ring (bicyclic) bond motifs is 1. The number of likely N-dealkylation sites (N-methyl/N-ethyl adjacent to an activating group) is 1. The molecule has 0 radical (unpaired) electrons. The second-order valence-electron chi connectivity index (χ2n) is 4.56. The molecule has 0 saturated carbocycles. The first-order chi connectivity index (χ1) is 8.34. The van der Waals surface area contributed by atoms with Crippen molar-refractivity contribution >= 4 is 5.69 Å². The summed E-state index contributed by atoms with van der Waals surface area (Å²) < 4.78 is 11.4. The van der Waals surface area contributed by atoms with E-state index in [9.17, 15) is 0 Å². The monoisotopic (exact) mass is 234 g/mol. The SMILES string of the molecule is CN1CCOc2ccc(C3CNCCO3)cc21. The van der Waals surface area contributed by atoms with Crippen LogP contribution in [0.25, 0.3) is 0 Å². The first kappa shape index (κ1) is 10.9. The molecule has 4 nitrogen and oxygen atoms in total. The molecule has 4 heteroatoms. The van der Waals surface area contributed by atoms with Gasteiger partial charge in [0.05, 0.1) is 24.9 Å². The molecule has 2 aliphatic heterocycles. The summed E-state index contributed by atoms with van der Waals surface area (Å²) in [5.41, 5.74) is 2.40. The fourth-order valence-electron chi connectivity index (χ4n) is 2.35. The number of hydrogen-bond acceptors (Lipinski definition) is 4. The number of anilines is 1. The third-order valence-corrected chi connectivity index (χ3v) is 3.38. The number of hydrogen-bond donors (Lipinski definition) is 1. The maximum absolute atomic E-state index is 5.77. The Morgan fingerprint density at radius 3 is 3.12 bits per heavy atom. The van der Waals surface area contributed by atoms with Crippen molar-refractivity contribution < 1.29 is 9.47 Å². The van der Waals surface area contributed by atoms with E-state index in [4.69, 9.17) is 9.47 Å². The molecular formula is C13H18N2O2. The predicted octanol–water partition coefficient (Wildman–Crippen LogP) is 1.18. The van der Waals surface area contributed by atoms with E-state index >= 15 is 0 Å². The lowest BCUT2D eigenvalue weighted by Crippen LogP contribution is -2.34. The molecule has 1 aromatic carbocycles. The molecule has 0 spiro atoms. The topological polar surface area (TPSA) is 33.7 Å². The maximum atomic E-state index is 5.77. The maximum Gasteiger partial charge on any atom is 0.142 e. The number of rotatable bonds is 1. The Morgan fingerprint density at radius 2 is 2.29 bits per heavy atom. The van der Waals surface area contributed by atoms with Crippen LogP contribution in [0.4, 0.5) is 5.69 Å². The van der Waals surface area contributed by atoms with Gasteiger partial charge >= 0.3 is 0 Å². The molecule has 2 heterocycles. The van der Waals surface area contributed by atoms with E-state index in [1.165, 1.54) is 11.3 Å². The number of morpholine rings is 1. The van der Waals surface area contributed by atoms with Gasteiger partial charge in [-0.1, -0.05) is 6.07 Å². The summed E-state index contributed by atoms with van der Waals surface area (Å²) in [6.07, 6.45) is 0.171. The Kier molecular flexibility index (Phi) is 2.91. The molecule has 0 aromatic heterocycles. The van der Waals surface area contributed by atoms with Gasteiger partial charge in [-0.05, 0) is 17.7 Å². The van der Waals surface area contributed by atoms with Crippen LogP contribution in [-0.4, -0.2) is 39.9 Å². The van der Waals surface area contributed by atoms with E-state index in [2.05, 4.69) is 35.5 Å². The summed E-state index contributed by atoms with van der Waals surface area (Å²) in [6, 6.07) is 6.35. The van der Waals surface area contributed by atoms with Crippen molar-refractivity contribution in [2.45, 2.75) is 6.10 Å². The van der Waals surface area contributed by atoms with Gasteiger partial charge in [0.25, 0.3) is 0 Å². The molecular weight excluding hydrogens is 216 g/mol. The summed E-state index contributed by atoms with van der Waals surface area (Å²) >= 11 is 0. The Morgan fingerprint density at radius 1 is 1.35 bits per heavy atom. The molecule has 2 aliphatic rings. The van der Waals surface area contributed by atoms with Crippen molar-refractivity contribution in [2.75, 3.05) is 44.8 Å². The molecule has 1 aromatic rings. The van der Waals surface area contributed by atoms with Crippen molar-refractivity contribution in [2.24, 2.45) is 0 Å². The van der Waals surface area contributed by atoms with Crippen molar-refractivity contribution in [3.8, 4) is 5.75 Å². The fourth-order valence-corrected chi connectivity index (χ4v) is 2.35. The van der Waals surface area contributed by atoms with Crippen molar-refractivity contribution in [3.63, 3.8) is 0 Å². The van der Waals surface area contributed by atoms with Crippen LogP contribution in [0.2, 0.25) is 0 Å². The Hall–Kier alpha value is -1.26. The minimum absolute atomic E-state index is 0.171. The minimum atomic E-state index is 0.171. The third kappa shape index (κ3) is 2.10. The quantitative estimate of drug-likeness (QED) is 0.791. The minimum Gasteiger partial charge on any atom is -0.490 e. The van der Waals surface area contributed by atoms with E-state index in [0.29, 0.717) is 0 Å². The van der Waals surface area contributed by atoms with Crippen LogP contribution in [0, 0.1) is 0 Å². The van der Waals surface area contributed by atoms with E-state index in [0.717, 1.165) is 38.6 Å². The molecule has 0 aliphatic carbocycles. The van der Waals surface area contributed by atoms with Crippen LogP contribution in [0.3, 0.4) is 0 Å². The summed E-state index contributed by atoms with van der Waals surface area (Å²) in [4.78, 5) is 2.23. The second kappa shape index (κ2) is 4.55. The summed E-state index contributed by atoms with van der Waals surface area (Å²) in [5.74, 6) is 0.978. The molecule has 3 rings (SSSR count). The van der Waals surface area contributed by atoms with E-state index in [1.807, 2.05) is 0 Å². The number of ether oxygens (including phenoxy) is 2. The first-order valence-corrected chi connectivity index (χ1v) is 6.15. The molecule has 0 bridgehead atoms. The highest BCUT2D eigenvalue weighted by Crippen LogP contribution is 2.34. The van der Waals surface area contributed by atoms with Crippen LogP contribution in [-0.2, 0) is 4.74 Å². The molecule has 17 heavy (non-hydrogen) atoms. The molecule has 1 saturated heterocycles. The standard InChI is InChI=1S/C13H18N2O2/c1-15-5-7-17-12-3-2-10(8-11(12)15)13-9-14-4-6-16-13/h2-3,8,13-14H,4-7,9H2,1H3. The Bertz CT molecular complexity index is 402. The smallest absolute Gasteiger partial charge is 0.142 e. The van der Waals surface area contributed by atoms with Crippen molar-refractivity contribution in [1.82, 2.24) is 5.32 Å². The summed E-state index contributed by atoms with van der Waals surface area (Å²) in [5, 5.41) is 3.35. The number of nitrogens with one attached hydrogen (secondary N) is 1. The first-order valence-electron chi connectivity index (χ1n) is 6.15. The van der Waals surface area contributed by atoms with Crippen molar-refractivity contribution in [1.29, 1.82) is 0 Å². The lowest BCUT2D eigenvalue weighted by molar-refractivity contribution is 0.0277. The van der Waals surface area contributed by atoms with E-state index in [1.54, 1.807) is 0 Å². The molecule has 1 fully saturated rings. The fraction of sp³-hybridized carbons (Fsp3) is 0.538. The van der Waals surface area contributed by atoms with Crippen LogP contribution >= 0.6 is 0 Å². The van der Waals surface area contributed by atoms with Gasteiger partial charge in [0.15, 0.2) is 0 Å². The van der Waals surface area contributed by atoms with Crippen LogP contribution in [0.1, 0.15) is 11.7 Å². The van der Waals surface area contributed by atoms with Crippen LogP contribution < -0.4 is 15.0 Å². The second-order valence-corrected chi connectivity index (χ2v) is 4.56. The predicted molar refractivity (Wildman–Crippen MR) is 66.8 cm³/mol. The molecule has 92 valence electrons. The largest absolute Gasteiger partial charge is 0.490 e. The van der Waals surface area contributed by atoms with E-state index in [-0.39, 0.29) is 6.10 Å². The van der Waals surface area contributed by atoms with Gasteiger partial charge in [0.2, 0.25) is 0 Å². The Balaban J connectivity index is 1.88. The van der Waals surface area contributed by atoms with Crippen LogP contribution in [0.5, 0.6) is 5.75 Å². The number of benzene rings is 1. The van der Waals surface area contributed by atoms with Crippen LogP contribution in [0.15, 0.2) is 18.2 Å². The normalized spacial score (nSPS) is 24.1. The highest BCUT2D eigenvalue weighted by Gasteiger charge is 2.20. The zero-order valence-electron chi connectivity index (χ0n) is 10.1. The van der Waals surface area contributed by atoms with Gasteiger partial charge in [0.1, 0.15) is 12.4 Å². The van der Waals surface area contributed by atoms with Gasteiger partial charge in [-0.15, -0.1) is 0 Å². The Labute approximate surface area is 102 Å². The molecule has 0 amide bonds. The average Bonchev–Trinajstić information content (AvgIpc) is 2.40. The molecule has 1 N–H and O–H groups in total. The van der Waals surface area contributed by atoms with Gasteiger partial charge in [0, 0.05) is 20.1 Å².